The predicted octanol–water partition coefficient (Wildman–Crippen LogP) is 5.08. The molecule has 0 fully saturated rings. The van der Waals surface area contributed by atoms with Crippen molar-refractivity contribution in [3.8, 4) is 5.75 Å². The average molecular weight is 457 g/mol. The molecule has 1 N–H and O–H groups in total. The van der Waals surface area contributed by atoms with Gasteiger partial charge in [-0.3, -0.25) is 4.79 Å². The molecule has 7 heteroatoms. The molecule has 1 unspecified atom stereocenters. The first-order valence-electron chi connectivity index (χ1n) is 11.4. The summed E-state index contributed by atoms with van der Waals surface area (Å²) in [5.41, 5.74) is 4.83. The molecule has 2 aromatic rings. The van der Waals surface area contributed by atoms with E-state index in [0.29, 0.717) is 5.56 Å². The molecule has 0 spiro atoms. The maximum Gasteiger partial charge on any atom is 0.320 e. The summed E-state index contributed by atoms with van der Waals surface area (Å²) in [5, 5.41) is 7.50. The minimum absolute atomic E-state index is 0.0892. The fourth-order valence-corrected chi connectivity index (χ4v) is 3.81. The number of nitrogens with zero attached hydrogens (tertiary/aromatic N) is 1. The number of carbonyl (C=O) groups is 1. The maximum atomic E-state index is 14.1. The Morgan fingerprint density at radius 1 is 1.15 bits per heavy atom. The number of hydrogen-bond donors (Lipinski definition) is 1. The molecule has 0 aromatic heterocycles. The zero-order valence-electron chi connectivity index (χ0n) is 20.0. The summed E-state index contributed by atoms with van der Waals surface area (Å²) in [6, 6.07) is 11.1. The Morgan fingerprint density at radius 2 is 1.94 bits per heavy atom. The van der Waals surface area contributed by atoms with E-state index >= 15 is 0 Å². The number of ether oxygens (including phenoxy) is 2. The lowest BCUT2D eigenvalue weighted by molar-refractivity contribution is -0.146. The van der Waals surface area contributed by atoms with Crippen LogP contribution in [0.4, 0.5) is 4.39 Å². The van der Waals surface area contributed by atoms with Gasteiger partial charge in [0.2, 0.25) is 0 Å². The van der Waals surface area contributed by atoms with Gasteiger partial charge in [-0.05, 0) is 87.9 Å². The van der Waals surface area contributed by atoms with Crippen LogP contribution in [0, 0.1) is 5.82 Å². The van der Waals surface area contributed by atoms with E-state index in [4.69, 9.17) is 14.3 Å². The first-order valence-corrected chi connectivity index (χ1v) is 11.4. The van der Waals surface area contributed by atoms with E-state index in [9.17, 15) is 9.18 Å². The van der Waals surface area contributed by atoms with Crippen LogP contribution >= 0.6 is 0 Å². The van der Waals surface area contributed by atoms with Crippen molar-refractivity contribution < 1.29 is 23.5 Å². The predicted molar refractivity (Wildman–Crippen MR) is 126 cm³/mol. The molecule has 2 aromatic carbocycles. The van der Waals surface area contributed by atoms with Crippen LogP contribution in [0.3, 0.4) is 0 Å². The Kier molecular flexibility index (Phi) is 8.44. The van der Waals surface area contributed by atoms with Crippen molar-refractivity contribution in [2.75, 3.05) is 6.54 Å². The van der Waals surface area contributed by atoms with Crippen LogP contribution in [-0.4, -0.2) is 30.4 Å². The Morgan fingerprint density at radius 3 is 2.64 bits per heavy atom. The van der Waals surface area contributed by atoms with Gasteiger partial charge in [0.15, 0.2) is 11.6 Å². The maximum absolute atomic E-state index is 14.1. The monoisotopic (exact) mass is 456 g/mol. The van der Waals surface area contributed by atoms with Gasteiger partial charge in [0.05, 0.1) is 24.5 Å². The summed E-state index contributed by atoms with van der Waals surface area (Å²) < 4.78 is 24.7. The van der Waals surface area contributed by atoms with Gasteiger partial charge in [-0.1, -0.05) is 23.4 Å². The number of carbonyl (C=O) groups excluding carboxylic acids is 1. The van der Waals surface area contributed by atoms with Crippen molar-refractivity contribution in [2.24, 2.45) is 5.16 Å². The van der Waals surface area contributed by atoms with Crippen molar-refractivity contribution in [3.05, 3.63) is 64.5 Å². The highest BCUT2D eigenvalue weighted by atomic mass is 19.1. The van der Waals surface area contributed by atoms with Crippen LogP contribution in [0.15, 0.2) is 41.6 Å². The van der Waals surface area contributed by atoms with E-state index in [1.165, 1.54) is 17.2 Å². The molecule has 178 valence electrons. The largest absolute Gasteiger partial charge is 0.488 e. The molecule has 0 aliphatic heterocycles. The number of fused-ring (bicyclic) bond motifs is 1. The Labute approximate surface area is 195 Å². The van der Waals surface area contributed by atoms with Gasteiger partial charge in [0.1, 0.15) is 6.61 Å². The highest BCUT2D eigenvalue weighted by molar-refractivity contribution is 5.98. The molecule has 1 atom stereocenters. The number of rotatable bonds is 10. The second kappa shape index (κ2) is 11.3. The molecule has 3 rings (SSSR count). The highest BCUT2D eigenvalue weighted by Crippen LogP contribution is 2.32. The van der Waals surface area contributed by atoms with Gasteiger partial charge in [-0.2, -0.15) is 0 Å². The standard InChI is InChI=1S/C26H33FN2O4/c1-16(2)32-25-11-6-19(12-23(25)27)15-31-29-18(5)20-7-9-22-21(13-20)8-10-24(22)28-14-26(30)33-17(3)4/h6-7,9,11-13,16-17,24,28H,8,10,14-15H2,1-5H3/b29-18+. The molecular formula is C26H33FN2O4. The molecule has 0 saturated carbocycles. The van der Waals surface area contributed by atoms with E-state index < -0.39 is 5.82 Å². The molecule has 0 amide bonds. The van der Waals surface area contributed by atoms with E-state index in [1.807, 2.05) is 40.7 Å². The fourth-order valence-electron chi connectivity index (χ4n) is 3.81. The number of nitrogens with one attached hydrogen (secondary N) is 1. The number of benzene rings is 2. The number of halogens is 1. The van der Waals surface area contributed by atoms with Crippen molar-refractivity contribution in [2.45, 2.75) is 72.3 Å². The van der Waals surface area contributed by atoms with Crippen molar-refractivity contribution >= 4 is 11.7 Å². The van der Waals surface area contributed by atoms with Crippen LogP contribution in [0.25, 0.3) is 0 Å². The molecule has 0 radical (unpaired) electrons. The summed E-state index contributed by atoms with van der Waals surface area (Å²) in [6.45, 7) is 9.64. The third-order valence-electron chi connectivity index (χ3n) is 5.29. The SMILES string of the molecule is C/C(=N\OCc1ccc(OC(C)C)c(F)c1)c1ccc2c(c1)CCC2NCC(=O)OC(C)C. The topological polar surface area (TPSA) is 69.2 Å². The first kappa shape index (κ1) is 24.7. The van der Waals surface area contributed by atoms with Gasteiger partial charge in [0.25, 0.3) is 0 Å². The minimum Gasteiger partial charge on any atom is -0.488 e. The lowest BCUT2D eigenvalue weighted by Crippen LogP contribution is -2.29. The summed E-state index contributed by atoms with van der Waals surface area (Å²) in [6.07, 6.45) is 1.66. The van der Waals surface area contributed by atoms with E-state index in [0.717, 1.165) is 24.1 Å². The molecule has 6 nitrogen and oxygen atoms in total. The van der Waals surface area contributed by atoms with Gasteiger partial charge in [-0.15, -0.1) is 0 Å². The van der Waals surface area contributed by atoms with Gasteiger partial charge in [0, 0.05) is 6.04 Å². The summed E-state index contributed by atoms with van der Waals surface area (Å²) in [7, 11) is 0. The molecule has 1 aliphatic carbocycles. The average Bonchev–Trinajstić information content (AvgIpc) is 3.15. The van der Waals surface area contributed by atoms with Crippen LogP contribution in [0.2, 0.25) is 0 Å². The Bertz CT molecular complexity index is 1000. The normalized spacial score (nSPS) is 15.6. The smallest absolute Gasteiger partial charge is 0.320 e. The molecule has 33 heavy (non-hydrogen) atoms. The number of esters is 1. The van der Waals surface area contributed by atoms with Crippen molar-refractivity contribution in [1.82, 2.24) is 5.32 Å². The van der Waals surface area contributed by atoms with Crippen LogP contribution in [-0.2, 0) is 27.4 Å². The second-order valence-corrected chi connectivity index (χ2v) is 8.81. The lowest BCUT2D eigenvalue weighted by Gasteiger charge is -2.15. The lowest BCUT2D eigenvalue weighted by atomic mass is 10.0. The van der Waals surface area contributed by atoms with Crippen LogP contribution in [0.1, 0.15) is 69.3 Å². The van der Waals surface area contributed by atoms with Gasteiger partial charge < -0.3 is 19.6 Å². The third kappa shape index (κ3) is 7.02. The van der Waals surface area contributed by atoms with Crippen molar-refractivity contribution in [1.29, 1.82) is 0 Å². The zero-order valence-corrected chi connectivity index (χ0v) is 20.0. The third-order valence-corrected chi connectivity index (χ3v) is 5.29. The highest BCUT2D eigenvalue weighted by Gasteiger charge is 2.23. The number of oxime groups is 1. The van der Waals surface area contributed by atoms with Crippen LogP contribution in [0.5, 0.6) is 5.75 Å². The number of hydrogen-bond acceptors (Lipinski definition) is 6. The second-order valence-electron chi connectivity index (χ2n) is 8.81. The van der Waals surface area contributed by atoms with E-state index in [1.54, 1.807) is 12.1 Å². The zero-order chi connectivity index (χ0) is 24.0. The minimum atomic E-state index is -0.412. The fraction of sp³-hybridized carbons (Fsp3) is 0.462. The van der Waals surface area contributed by atoms with Gasteiger partial charge in [-0.25, -0.2) is 4.39 Å². The van der Waals surface area contributed by atoms with E-state index in [2.05, 4.69) is 22.6 Å². The molecule has 1 aliphatic rings. The van der Waals surface area contributed by atoms with E-state index in [-0.39, 0.29) is 43.1 Å². The molecule has 0 saturated heterocycles. The van der Waals surface area contributed by atoms with Crippen LogP contribution < -0.4 is 10.1 Å². The Hall–Kier alpha value is -2.93. The molecule has 0 heterocycles. The van der Waals surface area contributed by atoms with Crippen molar-refractivity contribution in [3.63, 3.8) is 0 Å². The first-order chi connectivity index (χ1) is 15.7. The molecular weight excluding hydrogens is 423 g/mol. The summed E-state index contributed by atoms with van der Waals surface area (Å²) in [4.78, 5) is 17.3. The van der Waals surface area contributed by atoms with Gasteiger partial charge >= 0.3 is 5.97 Å². The number of aryl methyl sites for hydroxylation is 1. The Balaban J connectivity index is 1.56. The quantitative estimate of drug-likeness (QED) is 0.307. The molecule has 0 bridgehead atoms. The summed E-state index contributed by atoms with van der Waals surface area (Å²) >= 11 is 0. The summed E-state index contributed by atoms with van der Waals surface area (Å²) in [5.74, 6) is -0.418.